The third-order valence-electron chi connectivity index (χ3n) is 3.71. The SMILES string of the molecule is CCCCN(C1CC1)C(c1cnn(C)c1)C(C)N. The normalized spacial score (nSPS) is 19.2. The van der Waals surface area contributed by atoms with Crippen molar-refractivity contribution in [3.63, 3.8) is 0 Å². The molecule has 4 heteroatoms. The number of aromatic nitrogens is 2. The second-order valence-corrected chi connectivity index (χ2v) is 5.57. The van der Waals surface area contributed by atoms with Crippen molar-refractivity contribution >= 4 is 0 Å². The Labute approximate surface area is 110 Å². The molecule has 102 valence electrons. The topological polar surface area (TPSA) is 47.1 Å². The molecule has 1 saturated carbocycles. The van der Waals surface area contributed by atoms with Gasteiger partial charge in [-0.3, -0.25) is 9.58 Å². The molecule has 2 rings (SSSR count). The van der Waals surface area contributed by atoms with Crippen LogP contribution in [0.2, 0.25) is 0 Å². The molecule has 0 aromatic carbocycles. The lowest BCUT2D eigenvalue weighted by Gasteiger charge is -2.34. The van der Waals surface area contributed by atoms with Crippen molar-refractivity contribution in [3.8, 4) is 0 Å². The van der Waals surface area contributed by atoms with Gasteiger partial charge in [-0.1, -0.05) is 13.3 Å². The molecule has 0 bridgehead atoms. The van der Waals surface area contributed by atoms with E-state index in [1.165, 1.54) is 31.2 Å². The molecule has 1 aromatic heterocycles. The number of nitrogens with two attached hydrogens (primary N) is 1. The van der Waals surface area contributed by atoms with Crippen LogP contribution in [0.5, 0.6) is 0 Å². The van der Waals surface area contributed by atoms with E-state index >= 15 is 0 Å². The van der Waals surface area contributed by atoms with Crippen LogP contribution in [-0.4, -0.2) is 33.3 Å². The van der Waals surface area contributed by atoms with E-state index in [1.807, 2.05) is 17.9 Å². The number of aryl methyl sites for hydroxylation is 1. The van der Waals surface area contributed by atoms with Crippen molar-refractivity contribution in [3.05, 3.63) is 18.0 Å². The molecular weight excluding hydrogens is 224 g/mol. The maximum Gasteiger partial charge on any atom is 0.0538 e. The first kappa shape index (κ1) is 13.6. The monoisotopic (exact) mass is 250 g/mol. The Bertz CT molecular complexity index is 368. The van der Waals surface area contributed by atoms with E-state index in [9.17, 15) is 0 Å². The summed E-state index contributed by atoms with van der Waals surface area (Å²) in [7, 11) is 1.97. The first-order valence-corrected chi connectivity index (χ1v) is 7.13. The Balaban J connectivity index is 2.15. The third kappa shape index (κ3) is 3.12. The van der Waals surface area contributed by atoms with Crippen molar-refractivity contribution in [2.24, 2.45) is 12.8 Å². The highest BCUT2D eigenvalue weighted by molar-refractivity contribution is 5.14. The first-order valence-electron chi connectivity index (χ1n) is 7.13. The largest absolute Gasteiger partial charge is 0.326 e. The van der Waals surface area contributed by atoms with Gasteiger partial charge >= 0.3 is 0 Å². The molecule has 2 atom stereocenters. The number of nitrogens with zero attached hydrogens (tertiary/aromatic N) is 3. The fourth-order valence-electron chi connectivity index (χ4n) is 2.69. The summed E-state index contributed by atoms with van der Waals surface area (Å²) in [6.45, 7) is 5.51. The van der Waals surface area contributed by atoms with E-state index in [0.29, 0.717) is 6.04 Å². The molecule has 1 heterocycles. The Morgan fingerprint density at radius 1 is 1.56 bits per heavy atom. The molecule has 0 saturated heterocycles. The molecule has 1 fully saturated rings. The molecule has 0 aliphatic heterocycles. The molecule has 2 N–H and O–H groups in total. The number of unbranched alkanes of at least 4 members (excludes halogenated alkanes) is 1. The van der Waals surface area contributed by atoms with Crippen LogP contribution in [0.1, 0.15) is 51.1 Å². The van der Waals surface area contributed by atoms with Gasteiger partial charge in [-0.2, -0.15) is 5.10 Å². The van der Waals surface area contributed by atoms with Gasteiger partial charge in [-0.25, -0.2) is 0 Å². The Morgan fingerprint density at radius 2 is 2.28 bits per heavy atom. The summed E-state index contributed by atoms with van der Waals surface area (Å²) >= 11 is 0. The highest BCUT2D eigenvalue weighted by atomic mass is 15.3. The predicted molar refractivity (Wildman–Crippen MR) is 74.2 cm³/mol. The van der Waals surface area contributed by atoms with Crippen LogP contribution >= 0.6 is 0 Å². The lowest BCUT2D eigenvalue weighted by molar-refractivity contribution is 0.164. The van der Waals surface area contributed by atoms with Crippen molar-refractivity contribution in [2.45, 2.75) is 57.7 Å². The minimum absolute atomic E-state index is 0.145. The first-order chi connectivity index (χ1) is 8.63. The molecular formula is C14H26N4. The van der Waals surface area contributed by atoms with Gasteiger partial charge in [-0.05, 0) is 32.7 Å². The van der Waals surface area contributed by atoms with Gasteiger partial charge in [0, 0.05) is 30.9 Å². The minimum atomic E-state index is 0.145. The lowest BCUT2D eigenvalue weighted by atomic mass is 10.0. The zero-order valence-electron chi connectivity index (χ0n) is 11.8. The molecule has 0 spiro atoms. The molecule has 1 aromatic rings. The summed E-state index contributed by atoms with van der Waals surface area (Å²) in [5.41, 5.74) is 7.50. The van der Waals surface area contributed by atoms with Crippen LogP contribution in [-0.2, 0) is 7.05 Å². The molecule has 4 nitrogen and oxygen atoms in total. The van der Waals surface area contributed by atoms with Crippen molar-refractivity contribution in [1.29, 1.82) is 0 Å². The Morgan fingerprint density at radius 3 is 2.72 bits per heavy atom. The lowest BCUT2D eigenvalue weighted by Crippen LogP contribution is -2.41. The van der Waals surface area contributed by atoms with Gasteiger partial charge in [0.25, 0.3) is 0 Å². The highest BCUT2D eigenvalue weighted by Gasteiger charge is 2.36. The van der Waals surface area contributed by atoms with Crippen molar-refractivity contribution in [1.82, 2.24) is 14.7 Å². The van der Waals surface area contributed by atoms with Gasteiger partial charge < -0.3 is 5.73 Å². The zero-order chi connectivity index (χ0) is 13.1. The molecule has 1 aliphatic carbocycles. The van der Waals surface area contributed by atoms with E-state index in [1.54, 1.807) is 0 Å². The second kappa shape index (κ2) is 5.85. The maximum atomic E-state index is 6.24. The third-order valence-corrected chi connectivity index (χ3v) is 3.71. The molecule has 1 aliphatic rings. The van der Waals surface area contributed by atoms with Crippen LogP contribution in [0.4, 0.5) is 0 Å². The summed E-state index contributed by atoms with van der Waals surface area (Å²) in [6.07, 6.45) is 9.22. The van der Waals surface area contributed by atoms with E-state index < -0.39 is 0 Å². The van der Waals surface area contributed by atoms with Gasteiger partial charge in [0.05, 0.1) is 12.2 Å². The van der Waals surface area contributed by atoms with Crippen LogP contribution in [0.25, 0.3) is 0 Å². The van der Waals surface area contributed by atoms with Gasteiger partial charge in [-0.15, -0.1) is 0 Å². The van der Waals surface area contributed by atoms with E-state index in [2.05, 4.69) is 30.0 Å². The summed E-state index contributed by atoms with van der Waals surface area (Å²) < 4.78 is 1.87. The summed E-state index contributed by atoms with van der Waals surface area (Å²) in [5.74, 6) is 0. The summed E-state index contributed by atoms with van der Waals surface area (Å²) in [6, 6.07) is 1.21. The number of hydrogen-bond acceptors (Lipinski definition) is 3. The average molecular weight is 250 g/mol. The van der Waals surface area contributed by atoms with Gasteiger partial charge in [0.1, 0.15) is 0 Å². The Hall–Kier alpha value is -0.870. The van der Waals surface area contributed by atoms with Gasteiger partial charge in [0.2, 0.25) is 0 Å². The minimum Gasteiger partial charge on any atom is -0.326 e. The molecule has 0 radical (unpaired) electrons. The predicted octanol–water partition coefficient (Wildman–Crippen LogP) is 2.07. The fourth-order valence-corrected chi connectivity index (χ4v) is 2.69. The molecule has 0 amide bonds. The van der Waals surface area contributed by atoms with E-state index in [0.717, 1.165) is 12.6 Å². The fraction of sp³-hybridized carbons (Fsp3) is 0.786. The Kier molecular flexibility index (Phi) is 4.40. The number of rotatable bonds is 7. The van der Waals surface area contributed by atoms with Crippen LogP contribution in [0, 0.1) is 0 Å². The van der Waals surface area contributed by atoms with E-state index in [-0.39, 0.29) is 6.04 Å². The molecule has 18 heavy (non-hydrogen) atoms. The summed E-state index contributed by atoms with van der Waals surface area (Å²) in [4.78, 5) is 2.60. The van der Waals surface area contributed by atoms with Crippen LogP contribution in [0.15, 0.2) is 12.4 Å². The van der Waals surface area contributed by atoms with E-state index in [4.69, 9.17) is 5.73 Å². The van der Waals surface area contributed by atoms with Gasteiger partial charge in [0.15, 0.2) is 0 Å². The maximum absolute atomic E-state index is 6.24. The van der Waals surface area contributed by atoms with Crippen LogP contribution < -0.4 is 5.73 Å². The quantitative estimate of drug-likeness (QED) is 0.806. The van der Waals surface area contributed by atoms with Crippen LogP contribution in [0.3, 0.4) is 0 Å². The smallest absolute Gasteiger partial charge is 0.0538 e. The second-order valence-electron chi connectivity index (χ2n) is 5.57. The zero-order valence-corrected chi connectivity index (χ0v) is 11.8. The highest BCUT2D eigenvalue weighted by Crippen LogP contribution is 2.35. The van der Waals surface area contributed by atoms with Crippen molar-refractivity contribution in [2.75, 3.05) is 6.54 Å². The standard InChI is InChI=1S/C14H26N4/c1-4-5-8-18(13-6-7-13)14(11(2)15)12-9-16-17(3)10-12/h9-11,13-14H,4-8,15H2,1-3H3. The average Bonchev–Trinajstić information content (AvgIpc) is 3.07. The number of hydrogen-bond donors (Lipinski definition) is 1. The molecule has 2 unspecified atom stereocenters. The van der Waals surface area contributed by atoms with Crippen molar-refractivity contribution < 1.29 is 0 Å². The summed E-state index contributed by atoms with van der Waals surface area (Å²) in [5, 5.41) is 4.30.